The van der Waals surface area contributed by atoms with E-state index in [0.717, 1.165) is 3.79 Å². The summed E-state index contributed by atoms with van der Waals surface area (Å²) < 4.78 is 11.2. The minimum atomic E-state index is -0.0990. The first-order valence-electron chi connectivity index (χ1n) is 4.58. The zero-order valence-electron chi connectivity index (χ0n) is 8.53. The molecule has 2 aromatic heterocycles. The molecule has 2 rings (SSSR count). The number of carbonyl (C=O) groups is 1. The average molecular weight is 301 g/mol. The molecule has 84 valence electrons. The molecule has 0 amide bonds. The lowest BCUT2D eigenvalue weighted by Crippen LogP contribution is -1.95. The van der Waals surface area contributed by atoms with Crippen molar-refractivity contribution in [3.63, 3.8) is 0 Å². The predicted molar refractivity (Wildman–Crippen MR) is 64.9 cm³/mol. The van der Waals surface area contributed by atoms with Crippen LogP contribution in [0, 0.1) is 0 Å². The van der Waals surface area contributed by atoms with Crippen LogP contribution in [-0.2, 0) is 11.3 Å². The molecule has 2 aromatic rings. The van der Waals surface area contributed by atoms with Crippen molar-refractivity contribution in [2.45, 2.75) is 6.61 Å². The summed E-state index contributed by atoms with van der Waals surface area (Å²) in [4.78, 5) is 12.6. The van der Waals surface area contributed by atoms with Gasteiger partial charge in [0.2, 0.25) is 5.78 Å². The molecule has 0 atom stereocenters. The molecule has 16 heavy (non-hydrogen) atoms. The highest BCUT2D eigenvalue weighted by atomic mass is 79.9. The number of thiophene rings is 1. The summed E-state index contributed by atoms with van der Waals surface area (Å²) in [5.41, 5.74) is 0. The number of ketones is 1. The largest absolute Gasteiger partial charge is 0.455 e. The molecule has 0 fully saturated rings. The minimum Gasteiger partial charge on any atom is -0.455 e. The van der Waals surface area contributed by atoms with Gasteiger partial charge in [0, 0.05) is 7.11 Å². The van der Waals surface area contributed by atoms with E-state index in [0.29, 0.717) is 23.0 Å². The number of carbonyl (C=O) groups excluding carboxylic acids is 1. The lowest BCUT2D eigenvalue weighted by Gasteiger charge is -1.94. The molecule has 0 aliphatic carbocycles. The van der Waals surface area contributed by atoms with Crippen molar-refractivity contribution in [1.29, 1.82) is 0 Å². The van der Waals surface area contributed by atoms with Gasteiger partial charge in [-0.25, -0.2) is 0 Å². The maximum absolute atomic E-state index is 11.9. The quantitative estimate of drug-likeness (QED) is 0.812. The topological polar surface area (TPSA) is 39.4 Å². The molecular weight excluding hydrogens is 292 g/mol. The standard InChI is InChI=1S/C11H9BrO3S/c1-14-6-7-2-3-8(15-7)11(13)9-4-5-10(12)16-9/h2-5H,6H2,1H3. The van der Waals surface area contributed by atoms with Gasteiger partial charge in [0.25, 0.3) is 0 Å². The summed E-state index contributed by atoms with van der Waals surface area (Å²) in [6.07, 6.45) is 0. The Morgan fingerprint density at radius 2 is 2.25 bits per heavy atom. The third kappa shape index (κ3) is 2.42. The van der Waals surface area contributed by atoms with Crippen molar-refractivity contribution in [2.24, 2.45) is 0 Å². The van der Waals surface area contributed by atoms with E-state index in [2.05, 4.69) is 15.9 Å². The second-order valence-corrected chi connectivity index (χ2v) is 5.59. The first kappa shape index (κ1) is 11.6. The number of methoxy groups -OCH3 is 1. The summed E-state index contributed by atoms with van der Waals surface area (Å²) in [5, 5.41) is 0. The zero-order chi connectivity index (χ0) is 11.5. The molecule has 2 heterocycles. The average Bonchev–Trinajstić information content (AvgIpc) is 2.87. The Hall–Kier alpha value is -0.910. The molecule has 0 aliphatic heterocycles. The fraction of sp³-hybridized carbons (Fsp3) is 0.182. The van der Waals surface area contributed by atoms with Gasteiger partial charge in [-0.05, 0) is 40.2 Å². The Morgan fingerprint density at radius 1 is 1.44 bits per heavy atom. The Kier molecular flexibility index (Phi) is 3.58. The molecule has 3 nitrogen and oxygen atoms in total. The SMILES string of the molecule is COCc1ccc(C(=O)c2ccc(Br)s2)o1. The molecule has 0 N–H and O–H groups in total. The second kappa shape index (κ2) is 4.95. The number of halogens is 1. The number of rotatable bonds is 4. The van der Waals surface area contributed by atoms with Crippen molar-refractivity contribution >= 4 is 33.0 Å². The summed E-state index contributed by atoms with van der Waals surface area (Å²) in [6, 6.07) is 7.04. The number of hydrogen-bond donors (Lipinski definition) is 0. The molecule has 0 radical (unpaired) electrons. The Labute approximate surface area is 105 Å². The Balaban J connectivity index is 2.20. The van der Waals surface area contributed by atoms with E-state index in [-0.39, 0.29) is 5.78 Å². The van der Waals surface area contributed by atoms with E-state index in [1.165, 1.54) is 11.3 Å². The Bertz CT molecular complexity index is 501. The van der Waals surface area contributed by atoms with Crippen molar-refractivity contribution < 1.29 is 13.9 Å². The van der Waals surface area contributed by atoms with Gasteiger partial charge in [0.15, 0.2) is 5.76 Å². The van der Waals surface area contributed by atoms with Crippen LogP contribution in [0.1, 0.15) is 21.2 Å². The highest BCUT2D eigenvalue weighted by Crippen LogP contribution is 2.25. The minimum absolute atomic E-state index is 0.0990. The zero-order valence-corrected chi connectivity index (χ0v) is 10.9. The van der Waals surface area contributed by atoms with Crippen molar-refractivity contribution in [3.8, 4) is 0 Å². The van der Waals surface area contributed by atoms with Gasteiger partial charge in [0.1, 0.15) is 12.4 Å². The highest BCUT2D eigenvalue weighted by molar-refractivity contribution is 9.11. The van der Waals surface area contributed by atoms with E-state index >= 15 is 0 Å². The fourth-order valence-corrected chi connectivity index (χ4v) is 2.61. The lowest BCUT2D eigenvalue weighted by atomic mass is 10.2. The van der Waals surface area contributed by atoms with Crippen LogP contribution in [0.2, 0.25) is 0 Å². The third-order valence-corrected chi connectivity index (χ3v) is 3.59. The summed E-state index contributed by atoms with van der Waals surface area (Å²) in [7, 11) is 1.58. The molecule has 0 spiro atoms. The van der Waals surface area contributed by atoms with Crippen LogP contribution in [0.25, 0.3) is 0 Å². The van der Waals surface area contributed by atoms with Crippen molar-refractivity contribution in [1.82, 2.24) is 0 Å². The molecule has 0 saturated heterocycles. The van der Waals surface area contributed by atoms with Gasteiger partial charge >= 0.3 is 0 Å². The van der Waals surface area contributed by atoms with Gasteiger partial charge in [-0.3, -0.25) is 4.79 Å². The maximum atomic E-state index is 11.9. The van der Waals surface area contributed by atoms with Crippen LogP contribution in [0.3, 0.4) is 0 Å². The van der Waals surface area contributed by atoms with Crippen LogP contribution in [0.5, 0.6) is 0 Å². The number of furan rings is 1. The van der Waals surface area contributed by atoms with Gasteiger partial charge in [-0.15, -0.1) is 11.3 Å². The smallest absolute Gasteiger partial charge is 0.238 e. The predicted octanol–water partition coefficient (Wildman–Crippen LogP) is 3.48. The van der Waals surface area contributed by atoms with Gasteiger partial charge in [-0.1, -0.05) is 0 Å². The monoisotopic (exact) mass is 300 g/mol. The van der Waals surface area contributed by atoms with Crippen LogP contribution in [0.15, 0.2) is 32.5 Å². The number of hydrogen-bond acceptors (Lipinski definition) is 4. The Morgan fingerprint density at radius 3 is 2.88 bits per heavy atom. The first-order chi connectivity index (χ1) is 7.70. The van der Waals surface area contributed by atoms with Crippen LogP contribution in [-0.4, -0.2) is 12.9 Å². The number of ether oxygens (including phenoxy) is 1. The van der Waals surface area contributed by atoms with Crippen LogP contribution in [0.4, 0.5) is 0 Å². The van der Waals surface area contributed by atoms with E-state index in [1.807, 2.05) is 6.07 Å². The van der Waals surface area contributed by atoms with E-state index in [9.17, 15) is 4.79 Å². The summed E-state index contributed by atoms with van der Waals surface area (Å²) >= 11 is 4.71. The lowest BCUT2D eigenvalue weighted by molar-refractivity contribution is 0.100. The maximum Gasteiger partial charge on any atom is 0.238 e. The molecule has 0 saturated carbocycles. The molecule has 0 aliphatic rings. The molecule has 0 unspecified atom stereocenters. The van der Waals surface area contributed by atoms with E-state index in [4.69, 9.17) is 9.15 Å². The van der Waals surface area contributed by atoms with Crippen molar-refractivity contribution in [3.05, 3.63) is 44.4 Å². The normalized spacial score (nSPS) is 10.6. The van der Waals surface area contributed by atoms with E-state index < -0.39 is 0 Å². The van der Waals surface area contributed by atoms with Gasteiger partial charge in [0.05, 0.1) is 8.66 Å². The fourth-order valence-electron chi connectivity index (χ4n) is 1.28. The van der Waals surface area contributed by atoms with Gasteiger partial charge in [-0.2, -0.15) is 0 Å². The molecular formula is C11H9BrO3S. The van der Waals surface area contributed by atoms with Crippen LogP contribution < -0.4 is 0 Å². The van der Waals surface area contributed by atoms with Crippen LogP contribution >= 0.6 is 27.3 Å². The van der Waals surface area contributed by atoms with Crippen molar-refractivity contribution in [2.75, 3.05) is 7.11 Å². The molecule has 0 aromatic carbocycles. The highest BCUT2D eigenvalue weighted by Gasteiger charge is 2.15. The second-order valence-electron chi connectivity index (χ2n) is 3.13. The molecule has 0 bridgehead atoms. The first-order valence-corrected chi connectivity index (χ1v) is 6.19. The summed E-state index contributed by atoms with van der Waals surface area (Å²) in [6.45, 7) is 0.376. The van der Waals surface area contributed by atoms with E-state index in [1.54, 1.807) is 25.3 Å². The third-order valence-electron chi connectivity index (χ3n) is 1.97. The molecule has 5 heteroatoms. The van der Waals surface area contributed by atoms with Gasteiger partial charge < -0.3 is 9.15 Å². The summed E-state index contributed by atoms with van der Waals surface area (Å²) in [5.74, 6) is 0.904.